The lowest BCUT2D eigenvalue weighted by Gasteiger charge is -2.26. The molecule has 3 aromatic carbocycles. The zero-order valence-corrected chi connectivity index (χ0v) is 17.8. The SMILES string of the molecule is CS(=O)(=O)c1ccc(-c2cc3c(cc2Cc2cc(F)cc(F)c2)OC(C(N)=O)CO3)cc1. The molecule has 166 valence electrons. The van der Waals surface area contributed by atoms with Crippen LogP contribution in [-0.4, -0.2) is 33.3 Å². The van der Waals surface area contributed by atoms with E-state index in [0.717, 1.165) is 12.3 Å². The second-order valence-corrected chi connectivity index (χ2v) is 9.54. The van der Waals surface area contributed by atoms with Crippen molar-refractivity contribution in [2.75, 3.05) is 12.9 Å². The lowest BCUT2D eigenvalue weighted by molar-refractivity contribution is -0.127. The summed E-state index contributed by atoms with van der Waals surface area (Å²) >= 11 is 0. The molecule has 0 radical (unpaired) electrons. The molecule has 1 aliphatic rings. The second-order valence-electron chi connectivity index (χ2n) is 7.53. The zero-order valence-electron chi connectivity index (χ0n) is 17.0. The Morgan fingerprint density at radius 1 is 1.03 bits per heavy atom. The van der Waals surface area contributed by atoms with Gasteiger partial charge in [0.15, 0.2) is 21.3 Å². The van der Waals surface area contributed by atoms with Gasteiger partial charge in [-0.05, 0) is 65.1 Å². The van der Waals surface area contributed by atoms with E-state index in [1.54, 1.807) is 24.3 Å². The van der Waals surface area contributed by atoms with Crippen LogP contribution in [0.5, 0.6) is 11.5 Å². The Hall–Kier alpha value is -3.46. The molecule has 0 aliphatic carbocycles. The third-order valence-electron chi connectivity index (χ3n) is 5.06. The van der Waals surface area contributed by atoms with Crippen LogP contribution >= 0.6 is 0 Å². The van der Waals surface area contributed by atoms with E-state index >= 15 is 0 Å². The number of ether oxygens (including phenoxy) is 2. The zero-order chi connectivity index (χ0) is 23.0. The number of nitrogens with two attached hydrogens (primary N) is 1. The van der Waals surface area contributed by atoms with Crippen molar-refractivity contribution in [3.05, 3.63) is 77.4 Å². The van der Waals surface area contributed by atoms with Crippen LogP contribution in [0, 0.1) is 11.6 Å². The summed E-state index contributed by atoms with van der Waals surface area (Å²) in [6.45, 7) is -0.0523. The van der Waals surface area contributed by atoms with Gasteiger partial charge in [-0.15, -0.1) is 0 Å². The van der Waals surface area contributed by atoms with Crippen molar-refractivity contribution in [1.29, 1.82) is 0 Å². The highest BCUT2D eigenvalue weighted by Gasteiger charge is 2.27. The highest BCUT2D eigenvalue weighted by molar-refractivity contribution is 7.90. The van der Waals surface area contributed by atoms with Gasteiger partial charge in [0.05, 0.1) is 4.90 Å². The molecule has 1 atom stereocenters. The summed E-state index contributed by atoms with van der Waals surface area (Å²) < 4.78 is 62.3. The molecule has 0 saturated carbocycles. The standard InChI is InChI=1S/C23H19F2NO5S/c1-32(28,29)18-4-2-14(3-5-18)19-11-20-21(31-22(12-30-20)23(26)27)9-15(19)6-13-7-16(24)10-17(25)8-13/h2-5,7-11,22H,6,12H2,1H3,(H2,26,27). The summed E-state index contributed by atoms with van der Waals surface area (Å²) in [5.41, 5.74) is 7.67. The molecule has 6 nitrogen and oxygen atoms in total. The van der Waals surface area contributed by atoms with Gasteiger partial charge in [0.2, 0.25) is 6.10 Å². The number of rotatable bonds is 5. The van der Waals surface area contributed by atoms with Gasteiger partial charge in [-0.2, -0.15) is 0 Å². The van der Waals surface area contributed by atoms with Gasteiger partial charge >= 0.3 is 0 Å². The number of halogens is 2. The summed E-state index contributed by atoms with van der Waals surface area (Å²) in [6.07, 6.45) is 0.308. The number of carbonyl (C=O) groups is 1. The molecule has 32 heavy (non-hydrogen) atoms. The third kappa shape index (κ3) is 4.57. The number of hydrogen-bond donors (Lipinski definition) is 1. The number of sulfone groups is 1. The number of hydrogen-bond acceptors (Lipinski definition) is 5. The highest BCUT2D eigenvalue weighted by Crippen LogP contribution is 2.39. The van der Waals surface area contributed by atoms with E-state index in [1.165, 1.54) is 24.3 Å². The van der Waals surface area contributed by atoms with Crippen LogP contribution in [-0.2, 0) is 21.1 Å². The van der Waals surface area contributed by atoms with Crippen molar-refractivity contribution in [2.45, 2.75) is 17.4 Å². The minimum Gasteiger partial charge on any atom is -0.485 e. The Bertz CT molecular complexity index is 1290. The molecule has 0 fully saturated rings. The largest absolute Gasteiger partial charge is 0.485 e. The Morgan fingerprint density at radius 3 is 2.28 bits per heavy atom. The molecule has 0 bridgehead atoms. The lowest BCUT2D eigenvalue weighted by Crippen LogP contribution is -2.40. The molecule has 1 aliphatic heterocycles. The molecule has 1 heterocycles. The molecule has 2 N–H and O–H groups in total. The quantitative estimate of drug-likeness (QED) is 0.632. The summed E-state index contributed by atoms with van der Waals surface area (Å²) in [7, 11) is -3.37. The van der Waals surface area contributed by atoms with Crippen molar-refractivity contribution in [3.8, 4) is 22.6 Å². The Balaban J connectivity index is 1.81. The van der Waals surface area contributed by atoms with Crippen LogP contribution in [0.15, 0.2) is 59.5 Å². The smallest absolute Gasteiger partial charge is 0.262 e. The van der Waals surface area contributed by atoms with E-state index in [2.05, 4.69) is 0 Å². The maximum absolute atomic E-state index is 13.7. The summed E-state index contributed by atoms with van der Waals surface area (Å²) in [6, 6.07) is 12.8. The number of fused-ring (bicyclic) bond motifs is 1. The molecule has 1 amide bonds. The van der Waals surface area contributed by atoms with Crippen molar-refractivity contribution < 1.29 is 31.5 Å². The van der Waals surface area contributed by atoms with Crippen molar-refractivity contribution in [3.63, 3.8) is 0 Å². The number of carbonyl (C=O) groups excluding carboxylic acids is 1. The molecular weight excluding hydrogens is 440 g/mol. The first kappa shape index (κ1) is 21.8. The van der Waals surface area contributed by atoms with E-state index in [9.17, 15) is 22.0 Å². The van der Waals surface area contributed by atoms with Crippen LogP contribution in [0.1, 0.15) is 11.1 Å². The monoisotopic (exact) mass is 459 g/mol. The Morgan fingerprint density at radius 2 is 1.69 bits per heavy atom. The topological polar surface area (TPSA) is 95.7 Å². The van der Waals surface area contributed by atoms with E-state index in [4.69, 9.17) is 15.2 Å². The van der Waals surface area contributed by atoms with E-state index in [1.807, 2.05) is 0 Å². The van der Waals surface area contributed by atoms with Gasteiger partial charge in [-0.3, -0.25) is 4.79 Å². The molecular formula is C23H19F2NO5S. The maximum atomic E-state index is 13.7. The third-order valence-corrected chi connectivity index (χ3v) is 6.19. The molecule has 3 aromatic rings. The predicted molar refractivity (Wildman–Crippen MR) is 113 cm³/mol. The van der Waals surface area contributed by atoms with E-state index in [-0.39, 0.29) is 23.7 Å². The summed E-state index contributed by atoms with van der Waals surface area (Å²) in [5, 5.41) is 0. The minimum absolute atomic E-state index is 0.0523. The van der Waals surface area contributed by atoms with Crippen LogP contribution in [0.25, 0.3) is 11.1 Å². The number of amides is 1. The Kier molecular flexibility index (Phi) is 5.60. The van der Waals surface area contributed by atoms with Crippen LogP contribution in [0.3, 0.4) is 0 Å². The van der Waals surface area contributed by atoms with Crippen molar-refractivity contribution >= 4 is 15.7 Å². The first-order valence-corrected chi connectivity index (χ1v) is 11.5. The van der Waals surface area contributed by atoms with Crippen LogP contribution < -0.4 is 15.2 Å². The predicted octanol–water partition coefficient (Wildman–Crippen LogP) is 3.25. The van der Waals surface area contributed by atoms with E-state index < -0.39 is 33.5 Å². The van der Waals surface area contributed by atoms with Gasteiger partial charge < -0.3 is 15.2 Å². The van der Waals surface area contributed by atoms with Crippen molar-refractivity contribution in [2.24, 2.45) is 5.73 Å². The van der Waals surface area contributed by atoms with Gasteiger partial charge in [-0.25, -0.2) is 17.2 Å². The fourth-order valence-corrected chi connectivity index (χ4v) is 4.16. The highest BCUT2D eigenvalue weighted by atomic mass is 32.2. The van der Waals surface area contributed by atoms with E-state index in [0.29, 0.717) is 28.0 Å². The van der Waals surface area contributed by atoms with Crippen LogP contribution in [0.4, 0.5) is 8.78 Å². The van der Waals surface area contributed by atoms with Gasteiger partial charge in [0.25, 0.3) is 5.91 Å². The molecule has 0 saturated heterocycles. The average Bonchev–Trinajstić information content (AvgIpc) is 2.71. The summed E-state index contributed by atoms with van der Waals surface area (Å²) in [5.74, 6) is -1.43. The molecule has 1 unspecified atom stereocenters. The van der Waals surface area contributed by atoms with Crippen LogP contribution in [0.2, 0.25) is 0 Å². The average molecular weight is 459 g/mol. The first-order chi connectivity index (χ1) is 15.1. The van der Waals surface area contributed by atoms with Gasteiger partial charge in [0.1, 0.15) is 18.2 Å². The fraction of sp³-hybridized carbons (Fsp3) is 0.174. The fourth-order valence-electron chi connectivity index (χ4n) is 3.53. The molecule has 0 aromatic heterocycles. The summed E-state index contributed by atoms with van der Waals surface area (Å²) in [4.78, 5) is 11.7. The minimum atomic E-state index is -3.37. The molecule has 4 rings (SSSR count). The Labute approximate surface area is 183 Å². The lowest BCUT2D eigenvalue weighted by atomic mass is 9.94. The number of primary amides is 1. The van der Waals surface area contributed by atoms with Gasteiger partial charge in [0, 0.05) is 12.3 Å². The first-order valence-electron chi connectivity index (χ1n) is 9.61. The number of benzene rings is 3. The molecule has 0 spiro atoms. The maximum Gasteiger partial charge on any atom is 0.262 e. The van der Waals surface area contributed by atoms with Crippen molar-refractivity contribution in [1.82, 2.24) is 0 Å². The molecule has 9 heteroatoms. The van der Waals surface area contributed by atoms with Gasteiger partial charge in [-0.1, -0.05) is 12.1 Å². The normalized spacial score (nSPS) is 15.4. The second kappa shape index (κ2) is 8.23.